The van der Waals surface area contributed by atoms with E-state index in [9.17, 15) is 8.42 Å². The summed E-state index contributed by atoms with van der Waals surface area (Å²) in [5.41, 5.74) is 1.13. The Hall–Kier alpha value is -0.580. The number of rotatable bonds is 8. The summed E-state index contributed by atoms with van der Waals surface area (Å²) >= 11 is 5.97. The van der Waals surface area contributed by atoms with Gasteiger partial charge in [-0.3, -0.25) is 0 Å². The first kappa shape index (κ1) is 16.5. The largest absolute Gasteiger partial charge is 0.314 e. The Bertz CT molecular complexity index is 488. The second-order valence-corrected chi connectivity index (χ2v) is 7.60. The van der Waals surface area contributed by atoms with E-state index in [0.29, 0.717) is 6.42 Å². The highest BCUT2D eigenvalue weighted by atomic mass is 35.5. The van der Waals surface area contributed by atoms with Crippen molar-refractivity contribution in [3.63, 3.8) is 0 Å². The normalized spacial score (nSPS) is 13.4. The third-order valence-electron chi connectivity index (χ3n) is 2.89. The molecule has 0 saturated heterocycles. The summed E-state index contributed by atoms with van der Waals surface area (Å²) in [5, 5.41) is 4.12. The molecule has 0 bridgehead atoms. The van der Waals surface area contributed by atoms with Crippen LogP contribution >= 0.6 is 11.6 Å². The van der Waals surface area contributed by atoms with E-state index >= 15 is 0 Å². The molecule has 1 aromatic carbocycles. The van der Waals surface area contributed by atoms with Gasteiger partial charge < -0.3 is 5.32 Å². The second kappa shape index (κ2) is 7.88. The van der Waals surface area contributed by atoms with Crippen LogP contribution in [0.3, 0.4) is 0 Å². The Balaban J connectivity index is 2.63. The molecule has 1 aromatic rings. The number of nitrogens with one attached hydrogen (secondary N) is 1. The van der Waals surface area contributed by atoms with Crippen LogP contribution in [0, 0.1) is 0 Å². The molecule has 3 nitrogen and oxygen atoms in total. The summed E-state index contributed by atoms with van der Waals surface area (Å²) in [5.74, 6) is 0.217. The summed E-state index contributed by atoms with van der Waals surface area (Å²) in [7, 11) is -2.91. The van der Waals surface area contributed by atoms with E-state index < -0.39 is 9.84 Å². The van der Waals surface area contributed by atoms with Crippen molar-refractivity contribution in [3.8, 4) is 0 Å². The molecule has 0 aliphatic carbocycles. The molecule has 0 spiro atoms. The van der Waals surface area contributed by atoms with Crippen LogP contribution in [-0.2, 0) is 16.3 Å². The maximum Gasteiger partial charge on any atom is 0.147 e. The molecule has 0 heterocycles. The molecule has 1 N–H and O–H groups in total. The van der Waals surface area contributed by atoms with Gasteiger partial charge in [0.2, 0.25) is 0 Å². The summed E-state index contributed by atoms with van der Waals surface area (Å²) in [6.07, 6.45) is 3.75. The van der Waals surface area contributed by atoms with Gasteiger partial charge >= 0.3 is 0 Å². The van der Waals surface area contributed by atoms with Crippen molar-refractivity contribution in [2.75, 3.05) is 18.6 Å². The topological polar surface area (TPSA) is 46.2 Å². The van der Waals surface area contributed by atoms with Gasteiger partial charge in [0.1, 0.15) is 9.84 Å². The quantitative estimate of drug-likeness (QED) is 0.803. The molecule has 108 valence electrons. The van der Waals surface area contributed by atoms with Crippen LogP contribution in [0.5, 0.6) is 0 Å². The third kappa shape index (κ3) is 7.55. The zero-order valence-electron chi connectivity index (χ0n) is 11.5. The van der Waals surface area contributed by atoms with Crippen molar-refractivity contribution in [2.45, 2.75) is 32.2 Å². The molecule has 0 fully saturated rings. The Labute approximate surface area is 121 Å². The first-order valence-electron chi connectivity index (χ1n) is 6.56. The second-order valence-electron chi connectivity index (χ2n) is 4.90. The molecule has 1 atom stereocenters. The lowest BCUT2D eigenvalue weighted by Crippen LogP contribution is -2.33. The average Bonchev–Trinajstić information content (AvgIpc) is 2.31. The Kier molecular flexibility index (Phi) is 6.83. The van der Waals surface area contributed by atoms with E-state index in [0.717, 1.165) is 30.0 Å². The van der Waals surface area contributed by atoms with E-state index in [1.807, 2.05) is 24.3 Å². The molecule has 19 heavy (non-hydrogen) atoms. The number of hydrogen-bond donors (Lipinski definition) is 1. The predicted molar refractivity (Wildman–Crippen MR) is 81.6 cm³/mol. The average molecular weight is 304 g/mol. The lowest BCUT2D eigenvalue weighted by Gasteiger charge is -2.18. The molecule has 0 amide bonds. The zero-order valence-corrected chi connectivity index (χ0v) is 13.1. The summed E-state index contributed by atoms with van der Waals surface area (Å²) in [6.45, 7) is 3.00. The summed E-state index contributed by atoms with van der Waals surface area (Å²) < 4.78 is 22.5. The van der Waals surface area contributed by atoms with Crippen LogP contribution in [0.25, 0.3) is 0 Å². The molecule has 0 aromatic heterocycles. The van der Waals surface area contributed by atoms with E-state index in [1.165, 1.54) is 6.26 Å². The molecule has 0 aliphatic rings. The van der Waals surface area contributed by atoms with E-state index in [4.69, 9.17) is 11.6 Å². The fourth-order valence-corrected chi connectivity index (χ4v) is 2.86. The number of hydrogen-bond acceptors (Lipinski definition) is 3. The molecular weight excluding hydrogens is 282 g/mol. The first-order chi connectivity index (χ1) is 8.90. The Morgan fingerprint density at radius 1 is 1.37 bits per heavy atom. The first-order valence-corrected chi connectivity index (χ1v) is 9.00. The van der Waals surface area contributed by atoms with Crippen molar-refractivity contribution < 1.29 is 8.42 Å². The van der Waals surface area contributed by atoms with E-state index in [2.05, 4.69) is 12.2 Å². The molecule has 0 aliphatic heterocycles. The van der Waals surface area contributed by atoms with Crippen LogP contribution in [0.15, 0.2) is 24.3 Å². The van der Waals surface area contributed by atoms with Gasteiger partial charge in [-0.25, -0.2) is 8.42 Å². The van der Waals surface area contributed by atoms with E-state index in [1.54, 1.807) is 0 Å². The smallest absolute Gasteiger partial charge is 0.147 e. The molecule has 0 radical (unpaired) electrons. The van der Waals surface area contributed by atoms with Crippen molar-refractivity contribution in [3.05, 3.63) is 34.9 Å². The van der Waals surface area contributed by atoms with Gasteiger partial charge in [-0.05, 0) is 43.5 Å². The van der Waals surface area contributed by atoms with Crippen LogP contribution in [-0.4, -0.2) is 33.0 Å². The van der Waals surface area contributed by atoms with Crippen LogP contribution in [0.2, 0.25) is 5.02 Å². The SMILES string of the molecule is CCCNC(CCS(C)(=O)=O)Cc1cccc(Cl)c1. The standard InChI is InChI=1S/C14H22ClNO2S/c1-3-8-16-14(7-9-19(2,17)18)11-12-5-4-6-13(15)10-12/h4-6,10,14,16H,3,7-9,11H2,1-2H3. The molecular formula is C14H22ClNO2S. The van der Waals surface area contributed by atoms with Gasteiger partial charge in [0.15, 0.2) is 0 Å². The fourth-order valence-electron chi connectivity index (χ4n) is 1.93. The van der Waals surface area contributed by atoms with Gasteiger partial charge in [-0.15, -0.1) is 0 Å². The molecule has 1 unspecified atom stereocenters. The lowest BCUT2D eigenvalue weighted by molar-refractivity contribution is 0.491. The fraction of sp³-hybridized carbons (Fsp3) is 0.571. The summed E-state index contributed by atoms with van der Waals surface area (Å²) in [6, 6.07) is 7.89. The summed E-state index contributed by atoms with van der Waals surface area (Å²) in [4.78, 5) is 0. The Morgan fingerprint density at radius 3 is 2.68 bits per heavy atom. The highest BCUT2D eigenvalue weighted by molar-refractivity contribution is 7.90. The highest BCUT2D eigenvalue weighted by Crippen LogP contribution is 2.13. The maximum absolute atomic E-state index is 11.3. The predicted octanol–water partition coefficient (Wildman–Crippen LogP) is 2.69. The number of benzene rings is 1. The van der Waals surface area contributed by atoms with Gasteiger partial charge in [-0.2, -0.15) is 0 Å². The van der Waals surface area contributed by atoms with Crippen molar-refractivity contribution in [2.24, 2.45) is 0 Å². The zero-order chi connectivity index (χ0) is 14.3. The minimum absolute atomic E-state index is 0.174. The minimum Gasteiger partial charge on any atom is -0.314 e. The lowest BCUT2D eigenvalue weighted by atomic mass is 10.0. The molecule has 5 heteroatoms. The van der Waals surface area contributed by atoms with Crippen LogP contribution in [0.4, 0.5) is 0 Å². The van der Waals surface area contributed by atoms with Crippen LogP contribution in [0.1, 0.15) is 25.3 Å². The monoisotopic (exact) mass is 303 g/mol. The van der Waals surface area contributed by atoms with Crippen LogP contribution < -0.4 is 5.32 Å². The van der Waals surface area contributed by atoms with Gasteiger partial charge in [0.25, 0.3) is 0 Å². The molecule has 0 saturated carbocycles. The maximum atomic E-state index is 11.3. The van der Waals surface area contributed by atoms with Crippen molar-refractivity contribution in [1.29, 1.82) is 0 Å². The number of halogens is 1. The minimum atomic E-state index is -2.91. The van der Waals surface area contributed by atoms with Crippen molar-refractivity contribution >= 4 is 21.4 Å². The Morgan fingerprint density at radius 2 is 2.11 bits per heavy atom. The van der Waals surface area contributed by atoms with E-state index in [-0.39, 0.29) is 11.8 Å². The highest BCUT2D eigenvalue weighted by Gasteiger charge is 2.12. The molecule has 1 rings (SSSR count). The van der Waals surface area contributed by atoms with Gasteiger partial charge in [0, 0.05) is 17.3 Å². The third-order valence-corrected chi connectivity index (χ3v) is 4.10. The van der Waals surface area contributed by atoms with Crippen molar-refractivity contribution in [1.82, 2.24) is 5.32 Å². The van der Waals surface area contributed by atoms with Gasteiger partial charge in [-0.1, -0.05) is 30.7 Å². The van der Waals surface area contributed by atoms with Gasteiger partial charge in [0.05, 0.1) is 5.75 Å². The number of sulfone groups is 1.